The van der Waals surface area contributed by atoms with E-state index in [2.05, 4.69) is 30.3 Å². The molecule has 0 atom stereocenters. The Morgan fingerprint density at radius 1 is 1.09 bits per heavy atom. The van der Waals surface area contributed by atoms with Gasteiger partial charge in [-0.25, -0.2) is 4.79 Å². The van der Waals surface area contributed by atoms with E-state index in [1.165, 1.54) is 11.8 Å². The summed E-state index contributed by atoms with van der Waals surface area (Å²) < 4.78 is 10.2. The first-order valence-corrected chi connectivity index (χ1v) is 13.9. The third kappa shape index (κ3) is 5.28. The van der Waals surface area contributed by atoms with Crippen molar-refractivity contribution in [1.29, 1.82) is 0 Å². The van der Waals surface area contributed by atoms with Gasteiger partial charge in [0.15, 0.2) is 0 Å². The maximum atomic E-state index is 12.9. The highest BCUT2D eigenvalue weighted by Gasteiger charge is 2.28. The van der Waals surface area contributed by atoms with E-state index >= 15 is 0 Å². The SMILES string of the molecule is COc1ccc(-c2c([Si](C)(C)C)ccc(NC(C)=O)c2NC(=O)CN2CCOC2=O)cc1. The van der Waals surface area contributed by atoms with Crippen LogP contribution in [0.5, 0.6) is 5.75 Å². The molecule has 3 amide bonds. The first kappa shape index (κ1) is 23.3. The van der Waals surface area contributed by atoms with Crippen LogP contribution in [0.4, 0.5) is 16.2 Å². The normalized spacial score (nSPS) is 13.5. The van der Waals surface area contributed by atoms with Crippen LogP contribution in [0.3, 0.4) is 0 Å². The summed E-state index contributed by atoms with van der Waals surface area (Å²) in [7, 11) is -0.248. The summed E-state index contributed by atoms with van der Waals surface area (Å²) in [6.07, 6.45) is -0.506. The second-order valence-electron chi connectivity index (χ2n) is 8.65. The van der Waals surface area contributed by atoms with Gasteiger partial charge < -0.3 is 20.1 Å². The topological polar surface area (TPSA) is 97.0 Å². The molecule has 1 fully saturated rings. The van der Waals surface area contributed by atoms with Crippen molar-refractivity contribution in [3.05, 3.63) is 36.4 Å². The molecule has 2 aromatic rings. The van der Waals surface area contributed by atoms with Crippen LogP contribution >= 0.6 is 0 Å². The molecule has 32 heavy (non-hydrogen) atoms. The summed E-state index contributed by atoms with van der Waals surface area (Å²) in [5.41, 5.74) is 2.77. The minimum atomic E-state index is -1.85. The fourth-order valence-corrected chi connectivity index (χ4v) is 5.23. The van der Waals surface area contributed by atoms with E-state index in [0.29, 0.717) is 17.9 Å². The number of carbonyl (C=O) groups is 3. The molecule has 2 aromatic carbocycles. The molecular formula is C23H29N3O5Si. The van der Waals surface area contributed by atoms with E-state index in [9.17, 15) is 14.4 Å². The lowest BCUT2D eigenvalue weighted by molar-refractivity contribution is -0.117. The number of cyclic esters (lactones) is 1. The van der Waals surface area contributed by atoms with Crippen molar-refractivity contribution >= 4 is 42.5 Å². The van der Waals surface area contributed by atoms with Crippen molar-refractivity contribution in [2.45, 2.75) is 26.6 Å². The average molecular weight is 456 g/mol. The summed E-state index contributed by atoms with van der Waals surface area (Å²) in [4.78, 5) is 37.9. The maximum absolute atomic E-state index is 12.9. The number of hydrogen-bond acceptors (Lipinski definition) is 5. The number of nitrogens with zero attached hydrogens (tertiary/aromatic N) is 1. The molecule has 0 saturated carbocycles. The highest BCUT2D eigenvalue weighted by atomic mass is 28.3. The molecule has 0 spiro atoms. The minimum absolute atomic E-state index is 0.127. The molecule has 1 aliphatic rings. The van der Waals surface area contributed by atoms with Crippen LogP contribution in [0.2, 0.25) is 19.6 Å². The quantitative estimate of drug-likeness (QED) is 0.625. The van der Waals surface area contributed by atoms with Crippen LogP contribution in [0.15, 0.2) is 36.4 Å². The third-order valence-electron chi connectivity index (χ3n) is 5.15. The van der Waals surface area contributed by atoms with Gasteiger partial charge in [-0.3, -0.25) is 14.5 Å². The van der Waals surface area contributed by atoms with Crippen LogP contribution in [0, 0.1) is 0 Å². The molecule has 1 heterocycles. The molecule has 9 heteroatoms. The van der Waals surface area contributed by atoms with E-state index in [1.807, 2.05) is 36.4 Å². The standard InChI is InChI=1S/C23H29N3O5Si/c1-15(27)24-18-10-11-19(32(3,4)5)21(16-6-8-17(30-2)9-7-16)22(18)25-20(28)14-26-12-13-31-23(26)29/h6-11H,12-14H2,1-5H3,(H,24,27)(H,25,28). The number of methoxy groups -OCH3 is 1. The van der Waals surface area contributed by atoms with Gasteiger partial charge in [0.2, 0.25) is 11.8 Å². The summed E-state index contributed by atoms with van der Waals surface area (Å²) in [6.45, 7) is 8.59. The largest absolute Gasteiger partial charge is 0.497 e. The molecular weight excluding hydrogens is 426 g/mol. The number of rotatable bonds is 7. The van der Waals surface area contributed by atoms with E-state index in [1.54, 1.807) is 7.11 Å². The fourth-order valence-electron chi connectivity index (χ4n) is 3.63. The molecule has 0 aliphatic carbocycles. The summed E-state index contributed by atoms with van der Waals surface area (Å²) >= 11 is 0. The fraction of sp³-hybridized carbons (Fsp3) is 0.348. The van der Waals surface area contributed by atoms with Gasteiger partial charge >= 0.3 is 6.09 Å². The number of benzene rings is 2. The van der Waals surface area contributed by atoms with Gasteiger partial charge in [0.05, 0.1) is 33.1 Å². The zero-order chi connectivity index (χ0) is 23.5. The van der Waals surface area contributed by atoms with Gasteiger partial charge in [-0.1, -0.05) is 43.0 Å². The Kier molecular flexibility index (Phi) is 6.88. The van der Waals surface area contributed by atoms with Gasteiger partial charge in [-0.2, -0.15) is 0 Å². The van der Waals surface area contributed by atoms with Crippen molar-refractivity contribution in [3.8, 4) is 16.9 Å². The smallest absolute Gasteiger partial charge is 0.410 e. The monoisotopic (exact) mass is 455 g/mol. The molecule has 0 radical (unpaired) electrons. The van der Waals surface area contributed by atoms with Gasteiger partial charge in [-0.15, -0.1) is 0 Å². The van der Waals surface area contributed by atoms with Crippen LogP contribution in [-0.2, 0) is 14.3 Å². The number of hydrogen-bond donors (Lipinski definition) is 2. The molecule has 1 saturated heterocycles. The summed E-state index contributed by atoms with van der Waals surface area (Å²) in [5, 5.41) is 6.92. The third-order valence-corrected chi connectivity index (χ3v) is 7.18. The van der Waals surface area contributed by atoms with E-state index in [-0.39, 0.29) is 25.0 Å². The lowest BCUT2D eigenvalue weighted by atomic mass is 10.0. The minimum Gasteiger partial charge on any atom is -0.497 e. The molecule has 8 nitrogen and oxygen atoms in total. The molecule has 3 rings (SSSR count). The Labute approximate surface area is 188 Å². The average Bonchev–Trinajstić information content (AvgIpc) is 3.12. The van der Waals surface area contributed by atoms with Gasteiger partial charge in [-0.05, 0) is 23.8 Å². The van der Waals surface area contributed by atoms with Crippen molar-refractivity contribution in [3.63, 3.8) is 0 Å². The molecule has 170 valence electrons. The predicted octanol–water partition coefficient (Wildman–Crippen LogP) is 3.26. The zero-order valence-electron chi connectivity index (χ0n) is 19.1. The van der Waals surface area contributed by atoms with E-state index in [0.717, 1.165) is 22.1 Å². The van der Waals surface area contributed by atoms with Crippen LogP contribution in [-0.4, -0.2) is 57.7 Å². The van der Waals surface area contributed by atoms with Crippen molar-refractivity contribution in [1.82, 2.24) is 4.90 Å². The Balaban J connectivity index is 2.12. The predicted molar refractivity (Wildman–Crippen MR) is 127 cm³/mol. The second kappa shape index (κ2) is 9.43. The Hall–Kier alpha value is -3.33. The van der Waals surface area contributed by atoms with Gasteiger partial charge in [0, 0.05) is 12.5 Å². The number of carbonyl (C=O) groups excluding carboxylic acids is 3. The number of ether oxygens (including phenoxy) is 2. The summed E-state index contributed by atoms with van der Waals surface area (Å²) in [6, 6.07) is 11.4. The lowest BCUT2D eigenvalue weighted by Crippen LogP contribution is -2.40. The summed E-state index contributed by atoms with van der Waals surface area (Å²) in [5.74, 6) is 0.113. The van der Waals surface area contributed by atoms with Crippen molar-refractivity contribution < 1.29 is 23.9 Å². The first-order chi connectivity index (χ1) is 15.1. The van der Waals surface area contributed by atoms with Crippen LogP contribution < -0.4 is 20.6 Å². The lowest BCUT2D eigenvalue weighted by Gasteiger charge is -2.26. The van der Waals surface area contributed by atoms with Crippen molar-refractivity contribution in [2.24, 2.45) is 0 Å². The van der Waals surface area contributed by atoms with Gasteiger partial charge in [0.1, 0.15) is 18.9 Å². The molecule has 0 bridgehead atoms. The molecule has 1 aliphatic heterocycles. The Bertz CT molecular complexity index is 1030. The molecule has 2 N–H and O–H groups in total. The Morgan fingerprint density at radius 3 is 2.31 bits per heavy atom. The highest BCUT2D eigenvalue weighted by Crippen LogP contribution is 2.35. The van der Waals surface area contributed by atoms with Crippen LogP contribution in [0.25, 0.3) is 11.1 Å². The first-order valence-electron chi connectivity index (χ1n) is 10.4. The van der Waals surface area contributed by atoms with Crippen LogP contribution in [0.1, 0.15) is 6.92 Å². The second-order valence-corrected chi connectivity index (χ2v) is 13.7. The van der Waals surface area contributed by atoms with Crippen molar-refractivity contribution in [2.75, 3.05) is 37.4 Å². The number of anilines is 2. The van der Waals surface area contributed by atoms with E-state index in [4.69, 9.17) is 9.47 Å². The highest BCUT2D eigenvalue weighted by molar-refractivity contribution is 6.89. The Morgan fingerprint density at radius 2 is 1.78 bits per heavy atom. The molecule has 0 unspecified atom stereocenters. The number of amides is 3. The zero-order valence-corrected chi connectivity index (χ0v) is 20.1. The number of nitrogens with one attached hydrogen (secondary N) is 2. The van der Waals surface area contributed by atoms with Gasteiger partial charge in [0.25, 0.3) is 0 Å². The molecule has 0 aromatic heterocycles. The maximum Gasteiger partial charge on any atom is 0.410 e. The van der Waals surface area contributed by atoms with E-state index < -0.39 is 14.2 Å².